The van der Waals surface area contributed by atoms with E-state index in [1.54, 1.807) is 0 Å². The lowest BCUT2D eigenvalue weighted by atomic mass is 9.99. The van der Waals surface area contributed by atoms with Gasteiger partial charge in [-0.3, -0.25) is 4.79 Å². The van der Waals surface area contributed by atoms with Gasteiger partial charge in [-0.05, 0) is 70.6 Å². The summed E-state index contributed by atoms with van der Waals surface area (Å²) in [4.78, 5) is 13.1. The Labute approximate surface area is 511 Å². The predicted octanol–water partition coefficient (Wildman–Crippen LogP) is 19.3. The van der Waals surface area contributed by atoms with Crippen LogP contribution >= 0.6 is 0 Å². The fraction of sp³-hybridized carbons (Fsp3) is 0.797. The highest BCUT2D eigenvalue weighted by Gasteiger charge is 2.44. The molecule has 482 valence electrons. The molecule has 1 rings (SSSR count). The van der Waals surface area contributed by atoms with E-state index in [0.717, 1.165) is 83.5 Å². The summed E-state index contributed by atoms with van der Waals surface area (Å²) in [5, 5.41) is 54.9. The zero-order valence-electron chi connectivity index (χ0n) is 53.9. The van der Waals surface area contributed by atoms with Crippen LogP contribution in [0.1, 0.15) is 322 Å². The van der Waals surface area contributed by atoms with E-state index >= 15 is 0 Å². The van der Waals surface area contributed by atoms with E-state index in [0.29, 0.717) is 12.8 Å². The first-order valence-electron chi connectivity index (χ1n) is 35.3. The molecule has 1 aliphatic heterocycles. The van der Waals surface area contributed by atoms with Crippen molar-refractivity contribution in [1.29, 1.82) is 0 Å². The Morgan fingerprint density at radius 2 is 0.747 bits per heavy atom. The van der Waals surface area contributed by atoms with Gasteiger partial charge in [0, 0.05) is 6.42 Å². The Bertz CT molecular complexity index is 1590. The fourth-order valence-corrected chi connectivity index (χ4v) is 11.0. The number of aliphatic hydroxyl groups excluding tert-OH is 5. The molecule has 0 aromatic heterocycles. The van der Waals surface area contributed by atoms with Crippen LogP contribution in [0.3, 0.4) is 0 Å². The molecule has 1 aliphatic rings. The largest absolute Gasteiger partial charge is 0.394 e. The van der Waals surface area contributed by atoms with Gasteiger partial charge in [-0.25, -0.2) is 0 Å². The van der Waals surface area contributed by atoms with Gasteiger partial charge in [0.25, 0.3) is 0 Å². The van der Waals surface area contributed by atoms with Gasteiger partial charge in [0.2, 0.25) is 5.91 Å². The lowest BCUT2D eigenvalue weighted by molar-refractivity contribution is -0.302. The third-order valence-electron chi connectivity index (χ3n) is 16.5. The Hall–Kier alpha value is -2.63. The number of allylic oxidation sites excluding steroid dienone is 14. The van der Waals surface area contributed by atoms with Gasteiger partial charge in [-0.15, -0.1) is 0 Å². The van der Waals surface area contributed by atoms with Gasteiger partial charge >= 0.3 is 0 Å². The molecule has 1 amide bonds. The van der Waals surface area contributed by atoms with Gasteiger partial charge < -0.3 is 40.3 Å². The van der Waals surface area contributed by atoms with Crippen molar-refractivity contribution in [1.82, 2.24) is 5.32 Å². The number of carbonyl (C=O) groups is 1. The van der Waals surface area contributed by atoms with Crippen LogP contribution in [0.15, 0.2) is 85.1 Å². The van der Waals surface area contributed by atoms with Gasteiger partial charge in [0.15, 0.2) is 6.29 Å². The summed E-state index contributed by atoms with van der Waals surface area (Å²) in [7, 11) is 0. The summed E-state index contributed by atoms with van der Waals surface area (Å²) in [6.07, 6.45) is 82.2. The first-order chi connectivity index (χ1) is 40.8. The van der Waals surface area contributed by atoms with Gasteiger partial charge in [0.05, 0.1) is 25.4 Å². The molecule has 9 nitrogen and oxygen atoms in total. The van der Waals surface area contributed by atoms with E-state index in [2.05, 4.69) is 104 Å². The molecule has 7 atom stereocenters. The number of hydrogen-bond donors (Lipinski definition) is 6. The highest BCUT2D eigenvalue weighted by molar-refractivity contribution is 5.76. The molecule has 6 N–H and O–H groups in total. The third-order valence-corrected chi connectivity index (χ3v) is 16.5. The summed E-state index contributed by atoms with van der Waals surface area (Å²) < 4.78 is 11.4. The molecule has 1 heterocycles. The van der Waals surface area contributed by atoms with Crippen LogP contribution in [0, 0.1) is 0 Å². The van der Waals surface area contributed by atoms with Crippen LogP contribution in [0.25, 0.3) is 0 Å². The lowest BCUT2D eigenvalue weighted by Crippen LogP contribution is -2.60. The molecule has 7 unspecified atom stereocenters. The van der Waals surface area contributed by atoms with Crippen LogP contribution in [-0.2, 0) is 14.3 Å². The molecule has 0 aromatic rings. The average molecular weight is 1160 g/mol. The first-order valence-corrected chi connectivity index (χ1v) is 35.3. The number of rotatable bonds is 61. The smallest absolute Gasteiger partial charge is 0.220 e. The van der Waals surface area contributed by atoms with E-state index in [4.69, 9.17) is 9.47 Å². The zero-order chi connectivity index (χ0) is 60.0. The molecular weight excluding hydrogens is 1030 g/mol. The maximum atomic E-state index is 13.1. The Kier molecular flexibility index (Phi) is 59.0. The lowest BCUT2D eigenvalue weighted by Gasteiger charge is -2.40. The normalized spacial score (nSPS) is 18.8. The number of nitrogens with one attached hydrogen (secondary N) is 1. The van der Waals surface area contributed by atoms with Gasteiger partial charge in [0.1, 0.15) is 24.4 Å². The minimum absolute atomic E-state index is 0.137. The van der Waals surface area contributed by atoms with Crippen molar-refractivity contribution in [3.8, 4) is 0 Å². The second-order valence-corrected chi connectivity index (χ2v) is 24.3. The van der Waals surface area contributed by atoms with Crippen LogP contribution < -0.4 is 5.32 Å². The summed E-state index contributed by atoms with van der Waals surface area (Å²) in [6.45, 7) is 3.76. The molecule has 1 saturated heterocycles. The second-order valence-electron chi connectivity index (χ2n) is 24.3. The third kappa shape index (κ3) is 51.2. The highest BCUT2D eigenvalue weighted by atomic mass is 16.7. The fourth-order valence-electron chi connectivity index (χ4n) is 11.0. The van der Waals surface area contributed by atoms with Gasteiger partial charge in [-0.1, -0.05) is 330 Å². The molecule has 0 radical (unpaired) electrons. The number of aliphatic hydroxyl groups is 5. The molecule has 9 heteroatoms. The summed E-state index contributed by atoms with van der Waals surface area (Å²) >= 11 is 0. The molecule has 0 saturated carbocycles. The number of hydrogen-bond acceptors (Lipinski definition) is 8. The summed E-state index contributed by atoms with van der Waals surface area (Å²) in [5.74, 6) is -0.141. The van der Waals surface area contributed by atoms with Crippen LogP contribution in [0.4, 0.5) is 0 Å². The Balaban J connectivity index is 2.08. The topological polar surface area (TPSA) is 149 Å². The van der Waals surface area contributed by atoms with Crippen molar-refractivity contribution in [2.45, 2.75) is 365 Å². The summed E-state index contributed by atoms with van der Waals surface area (Å²) in [5.41, 5.74) is 0. The van der Waals surface area contributed by atoms with E-state index in [9.17, 15) is 30.3 Å². The zero-order valence-corrected chi connectivity index (χ0v) is 53.9. The maximum absolute atomic E-state index is 13.1. The average Bonchev–Trinajstić information content (AvgIpc) is 3.60. The predicted molar refractivity (Wildman–Crippen MR) is 355 cm³/mol. The van der Waals surface area contributed by atoms with Crippen molar-refractivity contribution in [2.24, 2.45) is 0 Å². The Morgan fingerprint density at radius 1 is 0.422 bits per heavy atom. The summed E-state index contributed by atoms with van der Waals surface area (Å²) in [6, 6.07) is -0.723. The number of unbranched alkanes of at least 4 members (excludes halogenated alkanes) is 37. The van der Waals surface area contributed by atoms with Crippen molar-refractivity contribution in [2.75, 3.05) is 13.2 Å². The molecule has 83 heavy (non-hydrogen) atoms. The first kappa shape index (κ1) is 78.4. The van der Waals surface area contributed by atoms with Crippen molar-refractivity contribution in [3.63, 3.8) is 0 Å². The van der Waals surface area contributed by atoms with E-state index in [1.165, 1.54) is 212 Å². The van der Waals surface area contributed by atoms with Crippen molar-refractivity contribution in [3.05, 3.63) is 85.1 Å². The van der Waals surface area contributed by atoms with Crippen LogP contribution in [0.2, 0.25) is 0 Å². The van der Waals surface area contributed by atoms with Crippen LogP contribution in [0.5, 0.6) is 0 Å². The monoisotopic (exact) mass is 1160 g/mol. The minimum Gasteiger partial charge on any atom is -0.394 e. The SMILES string of the molecule is CC/C=C\C/C=C\C/C=C\C/C=C\C/C=C\C/C=C\C/C=C\CCCCCCCCCCCCCCCCCCCC(=O)NC(COC1OC(CO)C(O)C(O)C1O)C(O)CCCCCCCCCCCCCCCCCCCCCCC. The number of amides is 1. The number of carbonyl (C=O) groups excluding carboxylic acids is 1. The number of ether oxygens (including phenoxy) is 2. The quantitative estimate of drug-likeness (QED) is 0.0261. The standard InChI is InChI=1S/C74H133NO8/c1-3-5-7-9-11-13-15-17-19-21-23-25-26-27-28-29-30-31-32-33-34-35-36-37-38-39-40-41-42-44-46-48-50-52-54-56-58-60-62-64-70(78)75-67(66-82-74-73(81)72(80)71(79)69(65-76)83-74)68(77)63-61-59-57-55-53-51-49-47-45-43-24-22-20-18-16-14-12-10-8-6-4-2/h5,7,11,13,17,19,23,25,27-28,30-31,33-34,67-69,71-74,76-77,79-81H,3-4,6,8-10,12,14-16,18,20-22,24,26,29,32,35-66H2,1-2H3,(H,75,78)/b7-5-,13-11-,19-17-,25-23-,28-27-,31-30-,34-33-. The van der Waals surface area contributed by atoms with E-state index in [-0.39, 0.29) is 12.5 Å². The minimum atomic E-state index is -1.56. The molecule has 0 aliphatic carbocycles. The molecule has 0 bridgehead atoms. The van der Waals surface area contributed by atoms with Gasteiger partial charge in [-0.2, -0.15) is 0 Å². The van der Waals surface area contributed by atoms with Crippen LogP contribution in [-0.4, -0.2) is 87.5 Å². The highest BCUT2D eigenvalue weighted by Crippen LogP contribution is 2.24. The Morgan fingerprint density at radius 3 is 1.11 bits per heavy atom. The van der Waals surface area contributed by atoms with E-state index < -0.39 is 49.5 Å². The van der Waals surface area contributed by atoms with Crippen molar-refractivity contribution < 1.29 is 39.8 Å². The molecule has 0 aromatic carbocycles. The molecule has 0 spiro atoms. The molecule has 1 fully saturated rings. The maximum Gasteiger partial charge on any atom is 0.220 e. The molecular formula is C74H133NO8. The second kappa shape index (κ2) is 62.4. The van der Waals surface area contributed by atoms with E-state index in [1.807, 2.05) is 0 Å². The van der Waals surface area contributed by atoms with Crippen molar-refractivity contribution >= 4 is 5.91 Å².